The number of anilines is 1. The van der Waals surface area contributed by atoms with E-state index in [9.17, 15) is 0 Å². The van der Waals surface area contributed by atoms with Crippen LogP contribution >= 0.6 is 0 Å². The van der Waals surface area contributed by atoms with Crippen LogP contribution in [0.4, 0.5) is 5.82 Å². The molecule has 2 N–H and O–H groups in total. The molecule has 0 aromatic carbocycles. The smallest absolute Gasteiger partial charge is 0.129 e. The highest BCUT2D eigenvalue weighted by atomic mass is 15.2. The Kier molecular flexibility index (Phi) is 2.79. The zero-order chi connectivity index (χ0) is 9.80. The SMILES string of the molecule is NCc1ccnc(N2CC=CCC2)c1. The molecule has 1 aliphatic rings. The van der Waals surface area contributed by atoms with Crippen molar-refractivity contribution < 1.29 is 0 Å². The van der Waals surface area contributed by atoms with Crippen molar-refractivity contribution in [2.24, 2.45) is 5.73 Å². The van der Waals surface area contributed by atoms with E-state index in [2.05, 4.69) is 28.1 Å². The van der Waals surface area contributed by atoms with Gasteiger partial charge in [0.1, 0.15) is 5.82 Å². The van der Waals surface area contributed by atoms with Crippen LogP contribution in [0.3, 0.4) is 0 Å². The standard InChI is InChI=1S/C11H15N3/c12-9-10-4-5-13-11(8-10)14-6-2-1-3-7-14/h1-2,4-5,8H,3,6-7,9,12H2. The van der Waals surface area contributed by atoms with Gasteiger partial charge in [-0.1, -0.05) is 12.2 Å². The van der Waals surface area contributed by atoms with E-state index in [0.717, 1.165) is 30.9 Å². The molecule has 2 heterocycles. The molecule has 0 aliphatic carbocycles. The first-order valence-electron chi connectivity index (χ1n) is 4.95. The van der Waals surface area contributed by atoms with E-state index in [-0.39, 0.29) is 0 Å². The van der Waals surface area contributed by atoms with Crippen LogP contribution < -0.4 is 10.6 Å². The molecule has 0 spiro atoms. The molecule has 1 aliphatic heterocycles. The van der Waals surface area contributed by atoms with Gasteiger partial charge in [-0.15, -0.1) is 0 Å². The van der Waals surface area contributed by atoms with E-state index in [1.54, 1.807) is 0 Å². The Morgan fingerprint density at radius 3 is 3.07 bits per heavy atom. The molecule has 0 unspecified atom stereocenters. The fourth-order valence-corrected chi connectivity index (χ4v) is 1.61. The Hall–Kier alpha value is -1.35. The van der Waals surface area contributed by atoms with Crippen LogP contribution in [-0.2, 0) is 6.54 Å². The van der Waals surface area contributed by atoms with Crippen LogP contribution in [-0.4, -0.2) is 18.1 Å². The minimum absolute atomic E-state index is 0.583. The van der Waals surface area contributed by atoms with Crippen LogP contribution in [0.2, 0.25) is 0 Å². The molecular weight excluding hydrogens is 174 g/mol. The lowest BCUT2D eigenvalue weighted by molar-refractivity contribution is 0.804. The zero-order valence-electron chi connectivity index (χ0n) is 8.19. The van der Waals surface area contributed by atoms with E-state index in [1.165, 1.54) is 0 Å². The lowest BCUT2D eigenvalue weighted by Crippen LogP contribution is -2.27. The summed E-state index contributed by atoms with van der Waals surface area (Å²) in [6.07, 6.45) is 7.33. The fraction of sp³-hybridized carbons (Fsp3) is 0.364. The summed E-state index contributed by atoms with van der Waals surface area (Å²) in [5, 5.41) is 0. The number of aromatic nitrogens is 1. The predicted octanol–water partition coefficient (Wildman–Crippen LogP) is 1.31. The maximum absolute atomic E-state index is 5.59. The summed E-state index contributed by atoms with van der Waals surface area (Å²) < 4.78 is 0. The molecule has 0 radical (unpaired) electrons. The molecule has 3 nitrogen and oxygen atoms in total. The first kappa shape index (κ1) is 9.21. The molecule has 74 valence electrons. The maximum atomic E-state index is 5.59. The first-order chi connectivity index (χ1) is 6.90. The highest BCUT2D eigenvalue weighted by Gasteiger charge is 2.08. The zero-order valence-corrected chi connectivity index (χ0v) is 8.19. The molecule has 14 heavy (non-hydrogen) atoms. The Morgan fingerprint density at radius 1 is 1.43 bits per heavy atom. The second-order valence-electron chi connectivity index (χ2n) is 3.43. The van der Waals surface area contributed by atoms with Gasteiger partial charge in [0, 0.05) is 25.8 Å². The lowest BCUT2D eigenvalue weighted by Gasteiger charge is -2.24. The topological polar surface area (TPSA) is 42.1 Å². The Labute approximate surface area is 84.2 Å². The van der Waals surface area contributed by atoms with Crippen LogP contribution in [0, 0.1) is 0 Å². The monoisotopic (exact) mass is 189 g/mol. The second-order valence-corrected chi connectivity index (χ2v) is 3.43. The van der Waals surface area contributed by atoms with Crippen molar-refractivity contribution in [3.63, 3.8) is 0 Å². The molecule has 1 aromatic heterocycles. The van der Waals surface area contributed by atoms with Gasteiger partial charge in [0.2, 0.25) is 0 Å². The lowest BCUT2D eigenvalue weighted by atomic mass is 10.2. The molecule has 0 fully saturated rings. The normalized spacial score (nSPS) is 15.9. The van der Waals surface area contributed by atoms with Gasteiger partial charge in [-0.25, -0.2) is 4.98 Å². The molecule has 2 rings (SSSR count). The number of pyridine rings is 1. The molecule has 1 aromatic rings. The summed E-state index contributed by atoms with van der Waals surface area (Å²) in [7, 11) is 0. The quantitative estimate of drug-likeness (QED) is 0.713. The molecule has 0 bridgehead atoms. The third-order valence-electron chi connectivity index (χ3n) is 2.43. The summed E-state index contributed by atoms with van der Waals surface area (Å²) in [6, 6.07) is 4.03. The number of nitrogens with zero attached hydrogens (tertiary/aromatic N) is 2. The van der Waals surface area contributed by atoms with Crippen LogP contribution in [0.1, 0.15) is 12.0 Å². The number of hydrogen-bond donors (Lipinski definition) is 1. The van der Waals surface area contributed by atoms with Gasteiger partial charge in [-0.05, 0) is 24.1 Å². The van der Waals surface area contributed by atoms with Crippen molar-refractivity contribution >= 4 is 5.82 Å². The Bertz CT molecular complexity index is 333. The van der Waals surface area contributed by atoms with Crippen molar-refractivity contribution in [2.75, 3.05) is 18.0 Å². The van der Waals surface area contributed by atoms with Crippen molar-refractivity contribution in [1.82, 2.24) is 4.98 Å². The van der Waals surface area contributed by atoms with Gasteiger partial charge < -0.3 is 10.6 Å². The summed E-state index contributed by atoms with van der Waals surface area (Å²) in [4.78, 5) is 6.61. The van der Waals surface area contributed by atoms with Gasteiger partial charge >= 0.3 is 0 Å². The summed E-state index contributed by atoms with van der Waals surface area (Å²) in [5.74, 6) is 1.04. The molecule has 0 atom stereocenters. The minimum Gasteiger partial charge on any atom is -0.353 e. The average Bonchev–Trinajstić information content (AvgIpc) is 2.30. The summed E-state index contributed by atoms with van der Waals surface area (Å²) >= 11 is 0. The average molecular weight is 189 g/mol. The predicted molar refractivity (Wildman–Crippen MR) is 58.1 cm³/mol. The Balaban J connectivity index is 2.18. The van der Waals surface area contributed by atoms with Crippen molar-refractivity contribution in [3.8, 4) is 0 Å². The second kappa shape index (κ2) is 4.24. The third-order valence-corrected chi connectivity index (χ3v) is 2.43. The van der Waals surface area contributed by atoms with Gasteiger partial charge in [-0.3, -0.25) is 0 Å². The largest absolute Gasteiger partial charge is 0.353 e. The van der Waals surface area contributed by atoms with Crippen LogP contribution in [0.15, 0.2) is 30.5 Å². The number of nitrogens with two attached hydrogens (primary N) is 1. The number of rotatable bonds is 2. The summed E-state index contributed by atoms with van der Waals surface area (Å²) in [5.41, 5.74) is 6.73. The molecule has 0 saturated carbocycles. The van der Waals surface area contributed by atoms with Gasteiger partial charge in [-0.2, -0.15) is 0 Å². The van der Waals surface area contributed by atoms with Crippen LogP contribution in [0.25, 0.3) is 0 Å². The van der Waals surface area contributed by atoms with Crippen molar-refractivity contribution in [2.45, 2.75) is 13.0 Å². The highest BCUT2D eigenvalue weighted by Crippen LogP contribution is 2.14. The van der Waals surface area contributed by atoms with Crippen molar-refractivity contribution in [3.05, 3.63) is 36.0 Å². The van der Waals surface area contributed by atoms with E-state index in [0.29, 0.717) is 6.54 Å². The van der Waals surface area contributed by atoms with E-state index in [4.69, 9.17) is 5.73 Å². The van der Waals surface area contributed by atoms with Gasteiger partial charge in [0.15, 0.2) is 0 Å². The fourth-order valence-electron chi connectivity index (χ4n) is 1.61. The van der Waals surface area contributed by atoms with Crippen LogP contribution in [0.5, 0.6) is 0 Å². The molecule has 3 heteroatoms. The van der Waals surface area contributed by atoms with E-state index < -0.39 is 0 Å². The van der Waals surface area contributed by atoms with Crippen molar-refractivity contribution in [1.29, 1.82) is 0 Å². The third kappa shape index (κ3) is 1.93. The molecule has 0 saturated heterocycles. The van der Waals surface area contributed by atoms with Gasteiger partial charge in [0.25, 0.3) is 0 Å². The van der Waals surface area contributed by atoms with E-state index >= 15 is 0 Å². The van der Waals surface area contributed by atoms with E-state index in [1.807, 2.05) is 12.3 Å². The van der Waals surface area contributed by atoms with Gasteiger partial charge in [0.05, 0.1) is 0 Å². The first-order valence-corrected chi connectivity index (χ1v) is 4.95. The number of hydrogen-bond acceptors (Lipinski definition) is 3. The Morgan fingerprint density at radius 2 is 2.36 bits per heavy atom. The minimum atomic E-state index is 0.583. The highest BCUT2D eigenvalue weighted by molar-refractivity contribution is 5.42. The molecular formula is C11H15N3. The summed E-state index contributed by atoms with van der Waals surface area (Å²) in [6.45, 7) is 2.59. The molecule has 0 amide bonds. The maximum Gasteiger partial charge on any atom is 0.129 e.